The maximum atomic E-state index is 13.9. The van der Waals surface area contributed by atoms with E-state index in [0.29, 0.717) is 36.7 Å². The van der Waals surface area contributed by atoms with E-state index in [4.69, 9.17) is 28.9 Å². The molecule has 5 heterocycles. The second-order valence-corrected chi connectivity index (χ2v) is 17.5. The van der Waals surface area contributed by atoms with E-state index in [-0.39, 0.29) is 41.8 Å². The number of hydrogen-bond acceptors (Lipinski definition) is 10. The number of amides is 4. The minimum Gasteiger partial charge on any atom is -0.488 e. The molecule has 0 spiro atoms. The molecular formula is C44H52N8O8. The van der Waals surface area contributed by atoms with E-state index in [1.54, 1.807) is 6.20 Å². The molecule has 2 aliphatic carbocycles. The number of nitrogens with zero attached hydrogens (tertiary/aromatic N) is 3. The van der Waals surface area contributed by atoms with Gasteiger partial charge in [-0.25, -0.2) is 19.6 Å². The largest absolute Gasteiger partial charge is 0.488 e. The van der Waals surface area contributed by atoms with Gasteiger partial charge in [-0.1, -0.05) is 40.5 Å². The van der Waals surface area contributed by atoms with Crippen molar-refractivity contribution in [3.8, 4) is 45.1 Å². The fourth-order valence-electron chi connectivity index (χ4n) is 9.09. The van der Waals surface area contributed by atoms with Crippen molar-refractivity contribution in [2.45, 2.75) is 103 Å². The van der Waals surface area contributed by atoms with E-state index < -0.39 is 24.3 Å². The number of H-pyrrole nitrogens is 2. The van der Waals surface area contributed by atoms with Crippen LogP contribution in [-0.2, 0) is 32.3 Å². The number of carbonyl (C=O) groups excluding carboxylic acids is 4. The Labute approximate surface area is 347 Å². The van der Waals surface area contributed by atoms with Gasteiger partial charge < -0.3 is 49.8 Å². The van der Waals surface area contributed by atoms with Gasteiger partial charge in [-0.3, -0.25) is 9.59 Å². The maximum absolute atomic E-state index is 13.9. The molecule has 1 saturated heterocycles. The zero-order chi connectivity index (χ0) is 42.0. The lowest BCUT2D eigenvalue weighted by molar-refractivity contribution is -0.136. The van der Waals surface area contributed by atoms with Crippen molar-refractivity contribution in [2.24, 2.45) is 23.7 Å². The van der Waals surface area contributed by atoms with Gasteiger partial charge in [0.25, 0.3) is 0 Å². The molecule has 16 nitrogen and oxygen atoms in total. The zero-order valence-electron chi connectivity index (χ0n) is 34.7. The van der Waals surface area contributed by atoms with E-state index in [9.17, 15) is 19.2 Å². The third kappa shape index (κ3) is 7.40. The number of ether oxygens (including phenoxy) is 4. The normalized spacial score (nSPS) is 20.9. The first-order valence-corrected chi connectivity index (χ1v) is 20.9. The van der Waals surface area contributed by atoms with E-state index in [0.717, 1.165) is 88.4 Å². The molecular weight excluding hydrogens is 769 g/mol. The number of rotatable bonds is 13. The Balaban J connectivity index is 0.945. The number of fused-ring (bicyclic) bond motifs is 1. The summed E-state index contributed by atoms with van der Waals surface area (Å²) in [4.78, 5) is 69.9. The van der Waals surface area contributed by atoms with Crippen molar-refractivity contribution in [1.82, 2.24) is 40.8 Å². The molecule has 3 aliphatic heterocycles. The zero-order valence-corrected chi connectivity index (χ0v) is 34.7. The first-order chi connectivity index (χ1) is 28.9. The lowest BCUT2D eigenvalue weighted by Crippen LogP contribution is -2.52. The number of carbonyl (C=O) groups is 4. The monoisotopic (exact) mass is 820 g/mol. The van der Waals surface area contributed by atoms with Crippen molar-refractivity contribution in [3.05, 3.63) is 59.4 Å². The summed E-state index contributed by atoms with van der Waals surface area (Å²) < 4.78 is 22.5. The molecule has 60 heavy (non-hydrogen) atoms. The van der Waals surface area contributed by atoms with Gasteiger partial charge in [-0.2, -0.15) is 0 Å². The van der Waals surface area contributed by atoms with Crippen LogP contribution in [0.2, 0.25) is 0 Å². The van der Waals surface area contributed by atoms with Crippen molar-refractivity contribution in [2.75, 3.05) is 14.2 Å². The minimum atomic E-state index is -0.757. The smallest absolute Gasteiger partial charge is 0.407 e. The van der Waals surface area contributed by atoms with Gasteiger partial charge in [-0.05, 0) is 67.2 Å². The van der Waals surface area contributed by atoms with Crippen LogP contribution in [0.25, 0.3) is 33.6 Å². The van der Waals surface area contributed by atoms with Crippen molar-refractivity contribution in [3.63, 3.8) is 0 Å². The van der Waals surface area contributed by atoms with Crippen LogP contribution in [-0.4, -0.2) is 81.2 Å². The number of hydrogen-bond donors (Lipinski definition) is 5. The van der Waals surface area contributed by atoms with Crippen LogP contribution < -0.4 is 25.4 Å². The molecule has 316 valence electrons. The average molecular weight is 821 g/mol. The van der Waals surface area contributed by atoms with E-state index in [2.05, 4.69) is 38.1 Å². The molecule has 2 saturated carbocycles. The first-order valence-electron chi connectivity index (χ1n) is 20.9. The van der Waals surface area contributed by atoms with Gasteiger partial charge in [0.2, 0.25) is 11.8 Å². The van der Waals surface area contributed by atoms with E-state index >= 15 is 0 Å². The highest BCUT2D eigenvalue weighted by Gasteiger charge is 2.56. The highest BCUT2D eigenvalue weighted by Crippen LogP contribution is 2.54. The van der Waals surface area contributed by atoms with Gasteiger partial charge >= 0.3 is 12.2 Å². The molecule has 5 aliphatic rings. The minimum absolute atomic E-state index is 0.120. The van der Waals surface area contributed by atoms with Crippen molar-refractivity contribution >= 4 is 24.0 Å². The van der Waals surface area contributed by atoms with Gasteiger partial charge in [-0.15, -0.1) is 0 Å². The summed E-state index contributed by atoms with van der Waals surface area (Å²) in [5.74, 6) is 3.12. The fraction of sp³-hybridized carbons (Fsp3) is 0.500. The Morgan fingerprint density at radius 2 is 1.37 bits per heavy atom. The highest BCUT2D eigenvalue weighted by atomic mass is 16.5. The van der Waals surface area contributed by atoms with Gasteiger partial charge in [0.05, 0.1) is 50.1 Å². The van der Waals surface area contributed by atoms with Crippen LogP contribution in [0.5, 0.6) is 11.5 Å². The molecule has 6 atom stereocenters. The number of alkyl carbamates (subject to hydrolysis) is 2. The summed E-state index contributed by atoms with van der Waals surface area (Å²) in [5.41, 5.74) is 7.40. The van der Waals surface area contributed by atoms with E-state index in [1.165, 1.54) is 14.2 Å². The molecule has 5 N–H and O–H groups in total. The molecule has 16 heteroatoms. The fourth-order valence-corrected chi connectivity index (χ4v) is 9.09. The predicted octanol–water partition coefficient (Wildman–Crippen LogP) is 6.30. The summed E-state index contributed by atoms with van der Waals surface area (Å²) in [6, 6.07) is 6.36. The summed E-state index contributed by atoms with van der Waals surface area (Å²) in [5, 5.41) is 8.54. The highest BCUT2D eigenvalue weighted by molar-refractivity contribution is 5.89. The lowest BCUT2D eigenvalue weighted by atomic mass is 9.87. The predicted molar refractivity (Wildman–Crippen MR) is 218 cm³/mol. The summed E-state index contributed by atoms with van der Waals surface area (Å²) >= 11 is 0. The second-order valence-electron chi connectivity index (χ2n) is 17.5. The van der Waals surface area contributed by atoms with Crippen LogP contribution in [0.15, 0.2) is 36.7 Å². The number of aromatic nitrogens is 4. The SMILES string of the molecule is COC(=O)N[C@H](C(=O)N[C@@H](CC1CC1)c1ncc(-c2cc3c4c(c2)OCc2cc(-c5cnc([C@@H]6C[C@H]7CC7N6C(=O)[C@@H](NC(=O)OC)C(C)C)[nH]5)cc(c2-4)OC3)[nH]1)C(C)C. The maximum Gasteiger partial charge on any atom is 0.407 e. The molecule has 4 amide bonds. The standard InChI is InChI=1S/C44H52N8O8/c1-20(2)37(50-43(55)57-5)41(53)49-28(9-22-7-8-22)39-45-16-29(47-39)23-10-26-18-60-34-15-24(11-27-19-59-33(14-23)35(26)36(27)34)30-17-46-40(48-30)32-13-25-12-31(25)52(32)42(54)38(21(3)4)51-44(56)58-6/h10-11,14-17,20-22,25,28,31-32,37-38H,7-9,12-13,18-19H2,1-6H3,(H,45,47)(H,46,48)(H,49,53)(H,50,55)(H,51,56)/t25-,28+,31?,32+,37+,38+/m1/s1. The van der Waals surface area contributed by atoms with Crippen LogP contribution >= 0.6 is 0 Å². The molecule has 4 aromatic rings. The topological polar surface area (TPSA) is 202 Å². The number of piperidine rings is 1. The summed E-state index contributed by atoms with van der Waals surface area (Å²) in [6.07, 6.45) is 7.03. The third-order valence-corrected chi connectivity index (χ3v) is 12.6. The van der Waals surface area contributed by atoms with Gasteiger partial charge in [0.1, 0.15) is 48.4 Å². The van der Waals surface area contributed by atoms with E-state index in [1.807, 2.05) is 50.9 Å². The number of methoxy groups -OCH3 is 2. The quantitative estimate of drug-likeness (QED) is 0.102. The van der Waals surface area contributed by atoms with Gasteiger partial charge in [0.15, 0.2) is 0 Å². The Bertz CT molecular complexity index is 2300. The number of imidazole rings is 2. The van der Waals surface area contributed by atoms with Gasteiger partial charge in [0, 0.05) is 39.4 Å². The molecule has 1 unspecified atom stereocenters. The van der Waals surface area contributed by atoms with Crippen LogP contribution in [0, 0.1) is 23.7 Å². The molecule has 9 rings (SSSR count). The molecule has 2 aromatic carbocycles. The Morgan fingerprint density at radius 1 is 0.783 bits per heavy atom. The summed E-state index contributed by atoms with van der Waals surface area (Å²) in [6.45, 7) is 8.26. The Hall–Kier alpha value is -6.06. The second kappa shape index (κ2) is 15.5. The molecule has 2 aromatic heterocycles. The molecule has 0 radical (unpaired) electrons. The number of benzene rings is 2. The van der Waals surface area contributed by atoms with Crippen molar-refractivity contribution < 1.29 is 38.1 Å². The first kappa shape index (κ1) is 39.4. The lowest BCUT2D eigenvalue weighted by Gasteiger charge is -2.32. The number of aromatic amines is 2. The number of likely N-dealkylation sites (tertiary alicyclic amines) is 1. The third-order valence-electron chi connectivity index (χ3n) is 12.6. The van der Waals surface area contributed by atoms with Crippen LogP contribution in [0.4, 0.5) is 9.59 Å². The summed E-state index contributed by atoms with van der Waals surface area (Å²) in [7, 11) is 2.57. The number of nitrogens with one attached hydrogen (secondary N) is 5. The average Bonchev–Trinajstić information content (AvgIpc) is 4.02. The van der Waals surface area contributed by atoms with Crippen LogP contribution in [0.3, 0.4) is 0 Å². The van der Waals surface area contributed by atoms with Crippen molar-refractivity contribution in [1.29, 1.82) is 0 Å². The molecule has 0 bridgehead atoms. The Morgan fingerprint density at radius 3 is 1.95 bits per heavy atom. The van der Waals surface area contributed by atoms with Crippen LogP contribution in [0.1, 0.15) is 94.7 Å². The molecule has 3 fully saturated rings. The Kier molecular flexibility index (Phi) is 10.2.